The maximum Gasteiger partial charge on any atom is 0.234 e. The molecule has 8 heteroatoms. The molecule has 0 fully saturated rings. The van der Waals surface area contributed by atoms with Crippen molar-refractivity contribution in [1.82, 2.24) is 20.0 Å². The Morgan fingerprint density at radius 3 is 2.74 bits per heavy atom. The lowest BCUT2D eigenvalue weighted by atomic mass is 9.98. The molecule has 0 aliphatic carbocycles. The van der Waals surface area contributed by atoms with Gasteiger partial charge in [-0.15, -0.1) is 12.4 Å². The molecule has 0 saturated heterocycles. The first-order valence-corrected chi connectivity index (χ1v) is 7.05. The molecular weight excluding hydrogens is 316 g/mol. The maximum absolute atomic E-state index is 12.5. The summed E-state index contributed by atoms with van der Waals surface area (Å²) in [6.45, 7) is 2.12. The normalized spacial score (nSPS) is 12.0. The average Bonchev–Trinajstić information content (AvgIpc) is 3.04. The third-order valence-electron chi connectivity index (χ3n) is 3.72. The second-order valence-electron chi connectivity index (χ2n) is 5.19. The number of fused-ring (bicyclic) bond motifs is 1. The summed E-state index contributed by atoms with van der Waals surface area (Å²) in [7, 11) is 1.81. The number of aromatic nitrogens is 4. The number of hydrogen-bond acceptors (Lipinski definition) is 4. The molecule has 2 aromatic heterocycles. The molecule has 1 amide bonds. The number of anilines is 1. The SMILES string of the molecule is Cc1nn(C)c2n[nH]c(NC(=O)C(CN)c3ccccc3)c12.Cl. The van der Waals surface area contributed by atoms with Crippen molar-refractivity contribution in [2.24, 2.45) is 12.8 Å². The minimum absolute atomic E-state index is 0. The highest BCUT2D eigenvalue weighted by molar-refractivity contribution is 6.02. The summed E-state index contributed by atoms with van der Waals surface area (Å²) in [6, 6.07) is 9.49. The summed E-state index contributed by atoms with van der Waals surface area (Å²) in [5.74, 6) is -0.0148. The lowest BCUT2D eigenvalue weighted by Gasteiger charge is -2.14. The Labute approximate surface area is 139 Å². The molecule has 0 aliphatic heterocycles. The van der Waals surface area contributed by atoms with Gasteiger partial charge in [0.2, 0.25) is 5.91 Å². The number of nitrogens with zero attached hydrogens (tertiary/aromatic N) is 3. The zero-order valence-corrected chi connectivity index (χ0v) is 13.7. The van der Waals surface area contributed by atoms with Gasteiger partial charge in [-0.2, -0.15) is 10.2 Å². The third-order valence-corrected chi connectivity index (χ3v) is 3.72. The van der Waals surface area contributed by atoms with E-state index in [1.54, 1.807) is 4.68 Å². The van der Waals surface area contributed by atoms with Crippen LogP contribution < -0.4 is 11.1 Å². The fourth-order valence-electron chi connectivity index (χ4n) is 2.61. The van der Waals surface area contributed by atoms with Gasteiger partial charge < -0.3 is 11.1 Å². The number of aromatic amines is 1. The minimum Gasteiger partial charge on any atom is -0.329 e. The molecule has 0 spiro atoms. The van der Waals surface area contributed by atoms with Crippen LogP contribution in [0, 0.1) is 6.92 Å². The van der Waals surface area contributed by atoms with E-state index in [-0.39, 0.29) is 24.9 Å². The van der Waals surface area contributed by atoms with Gasteiger partial charge in [-0.25, -0.2) is 4.68 Å². The molecule has 0 bridgehead atoms. The van der Waals surface area contributed by atoms with Crippen molar-refractivity contribution in [3.63, 3.8) is 0 Å². The molecule has 0 aliphatic rings. The smallest absolute Gasteiger partial charge is 0.234 e. The van der Waals surface area contributed by atoms with Crippen LogP contribution in [0.15, 0.2) is 30.3 Å². The molecule has 7 nitrogen and oxygen atoms in total. The molecule has 23 heavy (non-hydrogen) atoms. The van der Waals surface area contributed by atoms with Crippen molar-refractivity contribution in [2.45, 2.75) is 12.8 Å². The van der Waals surface area contributed by atoms with E-state index in [0.717, 1.165) is 16.6 Å². The van der Waals surface area contributed by atoms with E-state index in [9.17, 15) is 4.79 Å². The summed E-state index contributed by atoms with van der Waals surface area (Å²) >= 11 is 0. The zero-order chi connectivity index (χ0) is 15.7. The highest BCUT2D eigenvalue weighted by atomic mass is 35.5. The molecule has 122 valence electrons. The first-order valence-electron chi connectivity index (χ1n) is 7.05. The quantitative estimate of drug-likeness (QED) is 0.676. The lowest BCUT2D eigenvalue weighted by molar-refractivity contribution is -0.117. The first-order chi connectivity index (χ1) is 10.6. The van der Waals surface area contributed by atoms with Crippen LogP contribution in [0.25, 0.3) is 11.0 Å². The summed E-state index contributed by atoms with van der Waals surface area (Å²) in [6.07, 6.45) is 0. The number of nitrogens with two attached hydrogens (primary N) is 1. The van der Waals surface area contributed by atoms with Crippen LogP contribution in [-0.2, 0) is 11.8 Å². The highest BCUT2D eigenvalue weighted by Crippen LogP contribution is 2.25. The van der Waals surface area contributed by atoms with Crippen LogP contribution in [0.2, 0.25) is 0 Å². The Bertz CT molecular complexity index is 810. The van der Waals surface area contributed by atoms with Crippen LogP contribution in [0.4, 0.5) is 5.82 Å². The van der Waals surface area contributed by atoms with Gasteiger partial charge in [-0.05, 0) is 12.5 Å². The van der Waals surface area contributed by atoms with Crippen molar-refractivity contribution in [2.75, 3.05) is 11.9 Å². The number of rotatable bonds is 4. The van der Waals surface area contributed by atoms with Crippen LogP contribution >= 0.6 is 12.4 Å². The van der Waals surface area contributed by atoms with Crippen LogP contribution in [0.1, 0.15) is 17.2 Å². The van der Waals surface area contributed by atoms with Crippen LogP contribution in [-0.4, -0.2) is 32.4 Å². The Morgan fingerprint density at radius 2 is 2.09 bits per heavy atom. The molecule has 3 aromatic rings. The fraction of sp³-hybridized carbons (Fsp3) is 0.267. The van der Waals surface area contributed by atoms with Gasteiger partial charge in [0, 0.05) is 13.6 Å². The number of carbonyl (C=O) groups excluding carboxylic acids is 1. The van der Waals surface area contributed by atoms with E-state index in [1.807, 2.05) is 44.3 Å². The van der Waals surface area contributed by atoms with Gasteiger partial charge in [0.05, 0.1) is 17.0 Å². The van der Waals surface area contributed by atoms with E-state index < -0.39 is 5.92 Å². The molecule has 2 heterocycles. The van der Waals surface area contributed by atoms with Crippen molar-refractivity contribution in [3.05, 3.63) is 41.6 Å². The molecule has 1 unspecified atom stereocenters. The van der Waals surface area contributed by atoms with Gasteiger partial charge in [-0.1, -0.05) is 30.3 Å². The zero-order valence-electron chi connectivity index (χ0n) is 12.9. The predicted octanol–water partition coefficient (Wildman–Crippen LogP) is 1.71. The van der Waals surface area contributed by atoms with Crippen molar-refractivity contribution in [1.29, 1.82) is 0 Å². The molecule has 1 aromatic carbocycles. The van der Waals surface area contributed by atoms with E-state index in [4.69, 9.17) is 5.73 Å². The van der Waals surface area contributed by atoms with Gasteiger partial charge >= 0.3 is 0 Å². The molecule has 0 saturated carbocycles. The third kappa shape index (κ3) is 3.06. The number of halogens is 1. The average molecular weight is 335 g/mol. The molecule has 1 atom stereocenters. The molecular formula is C15H19ClN6O. The monoisotopic (exact) mass is 334 g/mol. The Balaban J connectivity index is 0.00000192. The van der Waals surface area contributed by atoms with Gasteiger partial charge in [0.25, 0.3) is 0 Å². The maximum atomic E-state index is 12.5. The number of amides is 1. The van der Waals surface area contributed by atoms with Crippen molar-refractivity contribution in [3.8, 4) is 0 Å². The Morgan fingerprint density at radius 1 is 1.39 bits per heavy atom. The van der Waals surface area contributed by atoms with Gasteiger partial charge in [0.1, 0.15) is 5.82 Å². The van der Waals surface area contributed by atoms with E-state index in [1.165, 1.54) is 0 Å². The standard InChI is InChI=1S/C15H18N6O.ClH/c1-9-12-13(18-19-14(12)21(2)20-9)17-15(22)11(8-16)10-6-4-3-5-7-10;/h3-7,11H,8,16H2,1-2H3,(H2,17,18,19,22);1H. The van der Waals surface area contributed by atoms with E-state index in [0.29, 0.717) is 11.5 Å². The second-order valence-corrected chi connectivity index (χ2v) is 5.19. The van der Waals surface area contributed by atoms with Gasteiger partial charge in [-0.3, -0.25) is 9.89 Å². The van der Waals surface area contributed by atoms with E-state index >= 15 is 0 Å². The number of hydrogen-bond donors (Lipinski definition) is 3. The van der Waals surface area contributed by atoms with E-state index in [2.05, 4.69) is 20.6 Å². The number of nitrogens with one attached hydrogen (secondary N) is 2. The topological polar surface area (TPSA) is 102 Å². The number of H-pyrrole nitrogens is 1. The van der Waals surface area contributed by atoms with Crippen molar-refractivity contribution >= 4 is 35.2 Å². The van der Waals surface area contributed by atoms with Crippen LogP contribution in [0.5, 0.6) is 0 Å². The summed E-state index contributed by atoms with van der Waals surface area (Å²) < 4.78 is 1.68. The largest absolute Gasteiger partial charge is 0.329 e. The predicted molar refractivity (Wildman–Crippen MR) is 91.7 cm³/mol. The second kappa shape index (κ2) is 6.80. The van der Waals surface area contributed by atoms with Crippen LogP contribution in [0.3, 0.4) is 0 Å². The Hall–Kier alpha value is -2.38. The Kier molecular flexibility index (Phi) is 5.02. The molecule has 4 N–H and O–H groups in total. The fourth-order valence-corrected chi connectivity index (χ4v) is 2.61. The minimum atomic E-state index is -0.406. The number of aryl methyl sites for hydroxylation is 2. The molecule has 0 radical (unpaired) electrons. The van der Waals surface area contributed by atoms with Gasteiger partial charge in [0.15, 0.2) is 5.65 Å². The first kappa shape index (κ1) is 17.0. The summed E-state index contributed by atoms with van der Waals surface area (Å²) in [5, 5.41) is 15.0. The summed E-state index contributed by atoms with van der Waals surface area (Å²) in [5.41, 5.74) is 8.18. The summed E-state index contributed by atoms with van der Waals surface area (Å²) in [4.78, 5) is 12.5. The number of carbonyl (C=O) groups is 1. The highest BCUT2D eigenvalue weighted by Gasteiger charge is 2.22. The van der Waals surface area contributed by atoms with Crippen molar-refractivity contribution < 1.29 is 4.79 Å². The molecule has 3 rings (SSSR count). The lowest BCUT2D eigenvalue weighted by Crippen LogP contribution is -2.27. The number of benzene rings is 1.